The molecule has 2 amide bonds. The number of methoxy groups -OCH3 is 1. The number of hydrogen-bond acceptors (Lipinski definition) is 6. The number of amides is 2. The van der Waals surface area contributed by atoms with Crippen molar-refractivity contribution in [2.75, 3.05) is 31.7 Å². The summed E-state index contributed by atoms with van der Waals surface area (Å²) in [7, 11) is 1.56. The first kappa shape index (κ1) is 27.6. The fourth-order valence-electron chi connectivity index (χ4n) is 4.63. The summed E-state index contributed by atoms with van der Waals surface area (Å²) in [4.78, 5) is 27.7. The highest BCUT2D eigenvalue weighted by Gasteiger charge is 2.45. The summed E-state index contributed by atoms with van der Waals surface area (Å²) in [6, 6.07) is 9.78. The Kier molecular flexibility index (Phi) is 7.83. The Morgan fingerprint density at radius 1 is 1.16 bits per heavy atom. The zero-order valence-corrected chi connectivity index (χ0v) is 22.1. The molecule has 2 aromatic rings. The van der Waals surface area contributed by atoms with E-state index in [-0.39, 0.29) is 62.8 Å². The summed E-state index contributed by atoms with van der Waals surface area (Å²) in [5.74, 6) is 0.161. The summed E-state index contributed by atoms with van der Waals surface area (Å²) < 4.78 is 46.5. The van der Waals surface area contributed by atoms with Gasteiger partial charge in [0.15, 0.2) is 0 Å². The number of rotatable bonds is 6. The summed E-state index contributed by atoms with van der Waals surface area (Å²) in [5, 5.41) is 11.0. The number of aliphatic hydroxyl groups is 1. The fraction of sp³-hybridized carbons (Fsp3) is 0.500. The van der Waals surface area contributed by atoms with Crippen molar-refractivity contribution in [2.45, 2.75) is 64.0 Å². The SMILES string of the molecule is COc1ccc(CN2C(=O)CCc3c(OC[C@@]4(O)CCN(C(=O)OC(C)(C)C)C[C@H]4F)ccc(F)c32)cc1. The molecule has 0 radical (unpaired) electrons. The number of hydrogen-bond donors (Lipinski definition) is 1. The van der Waals surface area contributed by atoms with Crippen LogP contribution in [0, 0.1) is 5.82 Å². The Morgan fingerprint density at radius 2 is 1.87 bits per heavy atom. The zero-order valence-electron chi connectivity index (χ0n) is 22.1. The van der Waals surface area contributed by atoms with E-state index in [9.17, 15) is 14.7 Å². The van der Waals surface area contributed by atoms with Crippen LogP contribution in [0.2, 0.25) is 0 Å². The number of benzene rings is 2. The van der Waals surface area contributed by atoms with Crippen molar-refractivity contribution in [2.24, 2.45) is 0 Å². The average molecular weight is 533 g/mol. The molecule has 0 bridgehead atoms. The van der Waals surface area contributed by atoms with Crippen molar-refractivity contribution in [3.8, 4) is 11.5 Å². The van der Waals surface area contributed by atoms with Gasteiger partial charge >= 0.3 is 6.09 Å². The lowest BCUT2D eigenvalue weighted by atomic mass is 9.90. The maximum atomic E-state index is 15.1. The van der Waals surface area contributed by atoms with Crippen LogP contribution in [0.4, 0.5) is 19.3 Å². The number of likely N-dealkylation sites (tertiary alicyclic amines) is 1. The highest BCUT2D eigenvalue weighted by atomic mass is 19.1. The second kappa shape index (κ2) is 10.8. The molecule has 0 spiro atoms. The van der Waals surface area contributed by atoms with Gasteiger partial charge in [-0.1, -0.05) is 12.1 Å². The van der Waals surface area contributed by atoms with Crippen LogP contribution in [0.15, 0.2) is 36.4 Å². The quantitative estimate of drug-likeness (QED) is 0.593. The molecule has 2 atom stereocenters. The van der Waals surface area contributed by atoms with Gasteiger partial charge in [-0.25, -0.2) is 13.6 Å². The number of alkyl halides is 1. The van der Waals surface area contributed by atoms with Gasteiger partial charge < -0.3 is 29.1 Å². The lowest BCUT2D eigenvalue weighted by molar-refractivity contribution is -0.119. The maximum Gasteiger partial charge on any atom is 0.410 e. The van der Waals surface area contributed by atoms with Crippen molar-refractivity contribution in [3.05, 3.63) is 53.3 Å². The summed E-state index contributed by atoms with van der Waals surface area (Å²) in [6.07, 6.45) is -2.06. The van der Waals surface area contributed by atoms with Gasteiger partial charge in [0, 0.05) is 24.9 Å². The third-order valence-corrected chi connectivity index (χ3v) is 6.76. The normalized spacial score (nSPS) is 21.7. The molecule has 206 valence electrons. The van der Waals surface area contributed by atoms with E-state index in [0.29, 0.717) is 11.3 Å². The largest absolute Gasteiger partial charge is 0.497 e. The maximum absolute atomic E-state index is 15.1. The number of nitrogens with zero attached hydrogens (tertiary/aromatic N) is 2. The second-order valence-corrected chi connectivity index (χ2v) is 10.7. The van der Waals surface area contributed by atoms with Crippen molar-refractivity contribution in [3.63, 3.8) is 0 Å². The van der Waals surface area contributed by atoms with Crippen LogP contribution in [0.25, 0.3) is 0 Å². The predicted octanol–water partition coefficient (Wildman–Crippen LogP) is 4.40. The lowest BCUT2D eigenvalue weighted by Gasteiger charge is -2.41. The van der Waals surface area contributed by atoms with Gasteiger partial charge in [-0.3, -0.25) is 4.79 Å². The molecular formula is C28H34F2N2O6. The van der Waals surface area contributed by atoms with E-state index in [1.807, 2.05) is 0 Å². The Bertz CT molecular complexity index is 1180. The molecule has 2 aromatic carbocycles. The van der Waals surface area contributed by atoms with Crippen LogP contribution in [0.3, 0.4) is 0 Å². The van der Waals surface area contributed by atoms with Crippen LogP contribution in [0.1, 0.15) is 44.7 Å². The van der Waals surface area contributed by atoms with Crippen LogP contribution in [-0.2, 0) is 22.5 Å². The third kappa shape index (κ3) is 6.01. The van der Waals surface area contributed by atoms with Crippen molar-refractivity contribution < 1.29 is 37.7 Å². The molecular weight excluding hydrogens is 498 g/mol. The van der Waals surface area contributed by atoms with Crippen molar-refractivity contribution in [1.29, 1.82) is 0 Å². The van der Waals surface area contributed by atoms with Crippen molar-refractivity contribution >= 4 is 17.7 Å². The van der Waals surface area contributed by atoms with E-state index in [0.717, 1.165) is 5.56 Å². The second-order valence-electron chi connectivity index (χ2n) is 10.7. The number of anilines is 1. The van der Waals surface area contributed by atoms with Crippen LogP contribution < -0.4 is 14.4 Å². The predicted molar refractivity (Wildman–Crippen MR) is 137 cm³/mol. The van der Waals surface area contributed by atoms with Crippen LogP contribution in [0.5, 0.6) is 11.5 Å². The van der Waals surface area contributed by atoms with Gasteiger partial charge in [0.05, 0.1) is 25.9 Å². The molecule has 2 aliphatic heterocycles. The molecule has 0 aliphatic carbocycles. The first-order valence-electron chi connectivity index (χ1n) is 12.6. The first-order valence-corrected chi connectivity index (χ1v) is 12.6. The summed E-state index contributed by atoms with van der Waals surface area (Å²) >= 11 is 0. The van der Waals surface area contributed by atoms with Gasteiger partial charge in [0.2, 0.25) is 5.91 Å². The zero-order chi connectivity index (χ0) is 27.7. The molecule has 0 saturated carbocycles. The van der Waals surface area contributed by atoms with Gasteiger partial charge in [-0.2, -0.15) is 0 Å². The van der Waals surface area contributed by atoms with E-state index in [4.69, 9.17) is 14.2 Å². The van der Waals surface area contributed by atoms with Crippen molar-refractivity contribution in [1.82, 2.24) is 4.90 Å². The molecule has 0 aromatic heterocycles. The van der Waals surface area contributed by atoms with E-state index in [1.54, 1.807) is 52.1 Å². The Labute approximate surface area is 221 Å². The van der Waals surface area contributed by atoms with Crippen LogP contribution >= 0.6 is 0 Å². The molecule has 0 unspecified atom stereocenters. The molecule has 1 N–H and O–H groups in total. The molecule has 10 heteroatoms. The highest BCUT2D eigenvalue weighted by Crippen LogP contribution is 2.39. The van der Waals surface area contributed by atoms with Gasteiger partial charge in [-0.15, -0.1) is 0 Å². The van der Waals surface area contributed by atoms with Gasteiger partial charge in [-0.05, 0) is 57.0 Å². The molecule has 1 fully saturated rings. The smallest absolute Gasteiger partial charge is 0.410 e. The van der Waals surface area contributed by atoms with Crippen LogP contribution in [-0.4, -0.2) is 66.2 Å². The highest BCUT2D eigenvalue weighted by molar-refractivity contribution is 5.97. The molecule has 38 heavy (non-hydrogen) atoms. The minimum absolute atomic E-state index is 0.0567. The van der Waals surface area contributed by atoms with E-state index >= 15 is 8.78 Å². The number of fused-ring (bicyclic) bond motifs is 1. The Hall–Kier alpha value is -3.40. The van der Waals surface area contributed by atoms with E-state index in [1.165, 1.54) is 21.9 Å². The molecule has 2 heterocycles. The topological polar surface area (TPSA) is 88.5 Å². The standard InChI is InChI=1S/C28H34F2N2O6/c1-27(2,3)38-26(34)31-14-13-28(35,23(30)16-31)17-37-22-11-10-21(29)25-20(22)9-12-24(33)32(25)15-18-5-7-19(36-4)8-6-18/h5-8,10-11,23,35H,9,12-17H2,1-4H3/t23-,28+/m1/s1. The number of halogens is 2. The first-order chi connectivity index (χ1) is 17.9. The number of carbonyl (C=O) groups excluding carboxylic acids is 2. The average Bonchev–Trinajstić information content (AvgIpc) is 2.86. The molecule has 4 rings (SSSR count). The monoisotopic (exact) mass is 532 g/mol. The fourth-order valence-corrected chi connectivity index (χ4v) is 4.63. The molecule has 1 saturated heterocycles. The summed E-state index contributed by atoms with van der Waals surface area (Å²) in [5.41, 5.74) is -1.15. The number of piperidine rings is 1. The van der Waals surface area contributed by atoms with Gasteiger partial charge in [0.1, 0.15) is 41.3 Å². The number of carbonyl (C=O) groups is 2. The molecule has 8 nitrogen and oxygen atoms in total. The Morgan fingerprint density at radius 3 is 2.50 bits per heavy atom. The molecule has 2 aliphatic rings. The lowest BCUT2D eigenvalue weighted by Crippen LogP contribution is -2.58. The third-order valence-electron chi connectivity index (χ3n) is 6.76. The minimum Gasteiger partial charge on any atom is -0.497 e. The minimum atomic E-state index is -1.84. The van der Waals surface area contributed by atoms with Gasteiger partial charge in [0.25, 0.3) is 0 Å². The Balaban J connectivity index is 1.48. The number of ether oxygens (including phenoxy) is 3. The van der Waals surface area contributed by atoms with E-state index in [2.05, 4.69) is 0 Å². The summed E-state index contributed by atoms with van der Waals surface area (Å²) in [6.45, 7) is 4.71. The van der Waals surface area contributed by atoms with E-state index < -0.39 is 29.3 Å².